The zero-order valence-electron chi connectivity index (χ0n) is 11.6. The summed E-state index contributed by atoms with van der Waals surface area (Å²) >= 11 is 0. The molecule has 0 bridgehead atoms. The Morgan fingerprint density at radius 2 is 2.11 bits per heavy atom. The number of aryl methyl sites for hydroxylation is 2. The minimum atomic E-state index is -0.562. The average molecular weight is 264 g/mol. The van der Waals surface area contributed by atoms with E-state index in [1.807, 2.05) is 18.7 Å². The smallest absolute Gasteiger partial charge is 0.219 e. The number of amides is 1. The van der Waals surface area contributed by atoms with E-state index < -0.39 is 6.10 Å². The molecule has 1 aliphatic rings. The second kappa shape index (κ2) is 5.52. The van der Waals surface area contributed by atoms with E-state index in [4.69, 9.17) is 0 Å². The van der Waals surface area contributed by atoms with Crippen LogP contribution in [0.25, 0.3) is 0 Å². The van der Waals surface area contributed by atoms with Crippen molar-refractivity contribution in [1.82, 2.24) is 14.9 Å². The summed E-state index contributed by atoms with van der Waals surface area (Å²) in [7, 11) is 0. The fraction of sp³-hybridized carbons (Fsp3) is 0.615. The molecule has 1 aromatic rings. The number of carbonyl (C=O) groups is 1. The van der Waals surface area contributed by atoms with Crippen LogP contribution < -0.4 is 4.90 Å². The normalized spacial score (nSPS) is 20.3. The van der Waals surface area contributed by atoms with E-state index in [0.29, 0.717) is 26.2 Å². The van der Waals surface area contributed by atoms with E-state index in [0.717, 1.165) is 17.2 Å². The fourth-order valence-electron chi connectivity index (χ4n) is 2.29. The Bertz CT molecular complexity index is 478. The van der Waals surface area contributed by atoms with Crippen LogP contribution in [0, 0.1) is 13.8 Å². The largest absolute Gasteiger partial charge is 0.389 e. The number of aliphatic hydroxyl groups excluding tert-OH is 1. The summed E-state index contributed by atoms with van der Waals surface area (Å²) in [6, 6.07) is 0. The van der Waals surface area contributed by atoms with Crippen LogP contribution in [0.1, 0.15) is 18.3 Å². The lowest BCUT2D eigenvalue weighted by atomic mass is 10.3. The molecule has 0 spiro atoms. The summed E-state index contributed by atoms with van der Waals surface area (Å²) in [5.41, 5.74) is 1.69. The van der Waals surface area contributed by atoms with Crippen LogP contribution in [0.5, 0.6) is 0 Å². The van der Waals surface area contributed by atoms with Gasteiger partial charge in [0.25, 0.3) is 0 Å². The molecule has 0 unspecified atom stereocenters. The summed E-state index contributed by atoms with van der Waals surface area (Å²) in [6.07, 6.45) is 1.17. The lowest BCUT2D eigenvalue weighted by Crippen LogP contribution is -2.36. The van der Waals surface area contributed by atoms with Crippen LogP contribution in [-0.2, 0) is 4.79 Å². The van der Waals surface area contributed by atoms with Crippen molar-refractivity contribution in [2.75, 3.05) is 31.1 Å². The Hall–Kier alpha value is -1.69. The van der Waals surface area contributed by atoms with Crippen LogP contribution in [0.15, 0.2) is 6.20 Å². The first-order valence-corrected chi connectivity index (χ1v) is 6.46. The van der Waals surface area contributed by atoms with Gasteiger partial charge in [-0.25, -0.2) is 4.98 Å². The standard InChI is InChI=1S/C13H20N4O2/c1-9-6-14-10(2)13(15-9)17-5-4-16(11(3)18)7-12(19)8-17/h6,12,19H,4-5,7-8H2,1-3H3/t12-/m0/s1. The summed E-state index contributed by atoms with van der Waals surface area (Å²) in [4.78, 5) is 23.9. The number of rotatable bonds is 1. The molecule has 19 heavy (non-hydrogen) atoms. The molecule has 1 saturated heterocycles. The topological polar surface area (TPSA) is 69.6 Å². The maximum atomic E-state index is 11.4. The lowest BCUT2D eigenvalue weighted by molar-refractivity contribution is -0.129. The zero-order valence-corrected chi connectivity index (χ0v) is 11.6. The quantitative estimate of drug-likeness (QED) is 0.780. The van der Waals surface area contributed by atoms with Gasteiger partial charge in [0.05, 0.1) is 17.5 Å². The number of anilines is 1. The molecule has 0 radical (unpaired) electrons. The van der Waals surface area contributed by atoms with E-state index in [-0.39, 0.29) is 5.91 Å². The maximum absolute atomic E-state index is 11.4. The van der Waals surface area contributed by atoms with E-state index in [9.17, 15) is 9.90 Å². The summed E-state index contributed by atoms with van der Waals surface area (Å²) in [5, 5.41) is 10.0. The first kappa shape index (κ1) is 13.7. The maximum Gasteiger partial charge on any atom is 0.219 e. The Morgan fingerprint density at radius 1 is 1.37 bits per heavy atom. The Morgan fingerprint density at radius 3 is 2.79 bits per heavy atom. The van der Waals surface area contributed by atoms with Gasteiger partial charge in [0.2, 0.25) is 5.91 Å². The van der Waals surface area contributed by atoms with Gasteiger partial charge in [-0.15, -0.1) is 0 Å². The molecule has 1 amide bonds. The van der Waals surface area contributed by atoms with Crippen LogP contribution in [-0.4, -0.2) is 58.2 Å². The van der Waals surface area contributed by atoms with Crippen molar-refractivity contribution < 1.29 is 9.90 Å². The zero-order chi connectivity index (χ0) is 14.0. The Balaban J connectivity index is 2.21. The van der Waals surface area contributed by atoms with Crippen molar-refractivity contribution in [3.63, 3.8) is 0 Å². The molecule has 2 heterocycles. The minimum absolute atomic E-state index is 0.00653. The van der Waals surface area contributed by atoms with Gasteiger partial charge in [0.1, 0.15) is 5.82 Å². The molecule has 6 nitrogen and oxygen atoms in total. The third-order valence-corrected chi connectivity index (χ3v) is 3.30. The second-order valence-electron chi connectivity index (χ2n) is 4.99. The molecule has 0 aromatic carbocycles. The summed E-state index contributed by atoms with van der Waals surface area (Å²) < 4.78 is 0. The van der Waals surface area contributed by atoms with Crippen molar-refractivity contribution >= 4 is 11.7 Å². The lowest BCUT2D eigenvalue weighted by Gasteiger charge is -2.24. The van der Waals surface area contributed by atoms with Crippen molar-refractivity contribution in [1.29, 1.82) is 0 Å². The fourth-order valence-corrected chi connectivity index (χ4v) is 2.29. The molecule has 1 atom stereocenters. The molecule has 1 aromatic heterocycles. The minimum Gasteiger partial charge on any atom is -0.389 e. The molecule has 0 saturated carbocycles. The number of nitrogens with zero attached hydrogens (tertiary/aromatic N) is 4. The van der Waals surface area contributed by atoms with Crippen LogP contribution >= 0.6 is 0 Å². The van der Waals surface area contributed by atoms with Crippen molar-refractivity contribution in [2.24, 2.45) is 0 Å². The van der Waals surface area contributed by atoms with E-state index in [2.05, 4.69) is 9.97 Å². The molecule has 104 valence electrons. The van der Waals surface area contributed by atoms with E-state index in [1.165, 1.54) is 6.92 Å². The monoisotopic (exact) mass is 264 g/mol. The predicted octanol–water partition coefficient (Wildman–Crippen LogP) is 0.123. The van der Waals surface area contributed by atoms with E-state index >= 15 is 0 Å². The first-order chi connectivity index (χ1) is 8.97. The predicted molar refractivity (Wildman–Crippen MR) is 72.0 cm³/mol. The number of β-amino-alcohol motifs (C(OH)–C–C–N with tert-alkyl or cyclic N) is 1. The molecule has 1 N–H and O–H groups in total. The van der Waals surface area contributed by atoms with Crippen LogP contribution in [0.3, 0.4) is 0 Å². The SMILES string of the molecule is CC(=O)N1CCN(c2nc(C)cnc2C)C[C@@H](O)C1. The molecular formula is C13H20N4O2. The highest BCUT2D eigenvalue weighted by molar-refractivity contribution is 5.73. The van der Waals surface area contributed by atoms with Gasteiger partial charge < -0.3 is 14.9 Å². The van der Waals surface area contributed by atoms with Gasteiger partial charge in [0.15, 0.2) is 0 Å². The molecule has 1 aliphatic heterocycles. The van der Waals surface area contributed by atoms with Gasteiger partial charge in [-0.05, 0) is 13.8 Å². The van der Waals surface area contributed by atoms with Gasteiger partial charge in [0, 0.05) is 39.3 Å². The second-order valence-corrected chi connectivity index (χ2v) is 4.99. The van der Waals surface area contributed by atoms with E-state index in [1.54, 1.807) is 11.1 Å². The molecule has 2 rings (SSSR count). The number of aliphatic hydroxyl groups is 1. The van der Waals surface area contributed by atoms with Crippen molar-refractivity contribution in [2.45, 2.75) is 26.9 Å². The van der Waals surface area contributed by atoms with Crippen molar-refractivity contribution in [3.8, 4) is 0 Å². The van der Waals surface area contributed by atoms with Crippen molar-refractivity contribution in [3.05, 3.63) is 17.6 Å². The molecular weight excluding hydrogens is 244 g/mol. The van der Waals surface area contributed by atoms with Gasteiger partial charge in [-0.3, -0.25) is 9.78 Å². The Kier molecular flexibility index (Phi) is 3.99. The number of hydrogen-bond donors (Lipinski definition) is 1. The highest BCUT2D eigenvalue weighted by atomic mass is 16.3. The average Bonchev–Trinajstić information content (AvgIpc) is 2.54. The summed E-state index contributed by atoms with van der Waals surface area (Å²) in [6.45, 7) is 7.44. The number of aromatic nitrogens is 2. The first-order valence-electron chi connectivity index (χ1n) is 6.46. The van der Waals surface area contributed by atoms with Gasteiger partial charge in [-0.1, -0.05) is 0 Å². The summed E-state index contributed by atoms with van der Waals surface area (Å²) in [5.74, 6) is 0.789. The van der Waals surface area contributed by atoms with Gasteiger partial charge >= 0.3 is 0 Å². The third-order valence-electron chi connectivity index (χ3n) is 3.30. The number of hydrogen-bond acceptors (Lipinski definition) is 5. The van der Waals surface area contributed by atoms with Crippen LogP contribution in [0.2, 0.25) is 0 Å². The van der Waals surface area contributed by atoms with Crippen LogP contribution in [0.4, 0.5) is 5.82 Å². The van der Waals surface area contributed by atoms with Gasteiger partial charge in [-0.2, -0.15) is 0 Å². The molecule has 1 fully saturated rings. The highest BCUT2D eigenvalue weighted by Crippen LogP contribution is 2.17. The number of carbonyl (C=O) groups excluding carboxylic acids is 1. The third kappa shape index (κ3) is 3.20. The Labute approximate surface area is 113 Å². The highest BCUT2D eigenvalue weighted by Gasteiger charge is 2.24. The molecule has 6 heteroatoms. The molecule has 0 aliphatic carbocycles.